The van der Waals surface area contributed by atoms with E-state index >= 15 is 0 Å². The number of carbonyl (C=O) groups excluding carboxylic acids is 16. The first-order valence-electron chi connectivity index (χ1n) is 45.6. The van der Waals surface area contributed by atoms with Gasteiger partial charge in [0.2, 0.25) is 94.5 Å². The Hall–Kier alpha value is -12.0. The number of hydrogen-bond acceptors (Lipinski definition) is 31. The van der Waals surface area contributed by atoms with E-state index in [0.717, 1.165) is 18.7 Å². The van der Waals surface area contributed by atoms with Crippen LogP contribution in [-0.4, -0.2) is 319 Å². The van der Waals surface area contributed by atoms with Crippen LogP contribution >= 0.6 is 25.3 Å². The number of primary amides is 1. The predicted octanol–water partition coefficient (Wildman–Crippen LogP) is -9.50. The Kier molecular flexibility index (Phi) is 52.8. The number of carboxylic acid groups (broad SMARTS) is 1. The molecule has 0 aliphatic carbocycles. The molecule has 0 aromatic heterocycles. The van der Waals surface area contributed by atoms with Crippen molar-refractivity contribution < 1.29 is 112 Å². The van der Waals surface area contributed by atoms with Gasteiger partial charge >= 0.3 is 5.97 Å². The summed E-state index contributed by atoms with van der Waals surface area (Å²) in [5.74, 6) is -21.0. The summed E-state index contributed by atoms with van der Waals surface area (Å²) in [6, 6.07) is -15.0. The second-order valence-electron chi connectivity index (χ2n) is 34.8. The van der Waals surface area contributed by atoms with Gasteiger partial charge in [0.1, 0.15) is 102 Å². The van der Waals surface area contributed by atoms with E-state index in [1.165, 1.54) is 62.4 Å². The van der Waals surface area contributed by atoms with Gasteiger partial charge in [-0.3, -0.25) is 87.5 Å². The summed E-state index contributed by atoms with van der Waals surface area (Å²) in [5, 5.41) is 118. The Labute approximate surface area is 811 Å². The smallest absolute Gasteiger partial charge is 0.326 e. The molecule has 2 aromatic rings. The van der Waals surface area contributed by atoms with Gasteiger partial charge in [-0.2, -0.15) is 25.3 Å². The Balaban J connectivity index is 1.96. The number of likely N-dealkylation sites (tertiary alicyclic amines) is 1. The van der Waals surface area contributed by atoms with E-state index in [4.69, 9.17) is 56.7 Å². The number of aromatic hydroxyl groups is 2. The van der Waals surface area contributed by atoms with Crippen molar-refractivity contribution in [1.82, 2.24) is 90.0 Å². The van der Waals surface area contributed by atoms with Crippen molar-refractivity contribution in [2.75, 3.05) is 51.6 Å². The zero-order valence-corrected chi connectivity index (χ0v) is 80.8. The average molecular weight is 1990 g/mol. The highest BCUT2D eigenvalue weighted by molar-refractivity contribution is 7.81. The number of thiol groups is 2. The second kappa shape index (κ2) is 60.6. The standard InChI is InChI=1S/C86H145N27O23S2/c1-9-43(4)64(109-77(129)61-38-50(118)40-113(61)82(134)63(92)42(2)3)78(130)111-66(45(6)115)80(132)105-57(36-46-20-24-48(116)25-21-46)75(127)112-67(86(7,8)138)81(133)106-58(39-62(91)119)74(126)102-53(18-14-34-97-84(93)94)68(120)100-52(17-11-13-31-88)73(125)110-65(44(5)114)79(131)104-56(29-33-90)72(124)99-51(16-10-12-30-87)70(122)108-60(41-137)76(128)103-55(28-32-89)71(123)101-54(19-15-35-98-85(95)96)69(121)107-59(83(135)136)37-47-22-26-49(117)27-23-47/h20-27,42-45,50-61,63-67,114-118,137-138H,9-19,28-41,87-90,92H2,1-8H3,(H2,91,119)(H,99,124)(H,100,120)(H,101,123)(H,102,126)(H,103,128)(H,104,131)(H,105,132)(H,106,133)(H,107,121)(H,108,122)(H,109,129)(H,110,125)(H,111,130)(H,112,127)(H,135,136)(H4,93,94,97)(H4,95,96,98)/t43-,44+,45+,50+,51-,52-,53-,54-,55-,56+,57-,58-,59-,60-,61-,63-,64-,65-,66-,67+/m0/s1. The van der Waals surface area contributed by atoms with Crippen LogP contribution in [0, 0.1) is 22.7 Å². The molecular weight excluding hydrogens is 1840 g/mol. The molecule has 40 N–H and O–H groups in total. The number of rotatable bonds is 63. The van der Waals surface area contributed by atoms with Gasteiger partial charge in [-0.1, -0.05) is 58.4 Å². The normalized spacial score (nSPS) is 16.9. The Morgan fingerprint density at radius 1 is 0.449 bits per heavy atom. The fraction of sp³-hybridized carbons (Fsp3) is 0.640. The number of amides is 16. The van der Waals surface area contributed by atoms with Crippen LogP contribution in [0.4, 0.5) is 0 Å². The zero-order valence-electron chi connectivity index (χ0n) is 79.0. The minimum Gasteiger partial charge on any atom is -0.508 e. The molecule has 0 radical (unpaired) electrons. The number of aliphatic hydroxyl groups is 3. The minimum absolute atomic E-state index is 0.0408. The molecule has 50 nitrogen and oxygen atoms in total. The molecule has 1 heterocycles. The average Bonchev–Trinajstić information content (AvgIpc) is 1.46. The summed E-state index contributed by atoms with van der Waals surface area (Å²) in [4.78, 5) is 242. The Morgan fingerprint density at radius 2 is 0.790 bits per heavy atom. The number of β-amino-alcohol motifs (C(OH)–C–C–N with tert-alkyl or cyclic N) is 1. The summed E-state index contributed by atoms with van der Waals surface area (Å²) < 4.78 is -1.65. The number of phenolic OH excluding ortho intramolecular Hbond substituents is 2. The Bertz CT molecular complexity index is 4410. The van der Waals surface area contributed by atoms with E-state index < -0.39 is 257 Å². The van der Waals surface area contributed by atoms with E-state index in [9.17, 15) is 112 Å². The molecule has 1 aliphatic heterocycles. The number of nitrogens with one attached hydrogen (secondary N) is 18. The van der Waals surface area contributed by atoms with Crippen LogP contribution in [0.15, 0.2) is 48.5 Å². The number of carboxylic acids is 1. The molecule has 138 heavy (non-hydrogen) atoms. The first kappa shape index (κ1) is 120. The molecule has 3 rings (SSSR count). The third kappa shape index (κ3) is 41.7. The molecule has 2 aromatic carbocycles. The van der Waals surface area contributed by atoms with Crippen molar-refractivity contribution in [2.45, 2.75) is 284 Å². The van der Waals surface area contributed by atoms with Crippen LogP contribution in [-0.2, 0) is 94.3 Å². The lowest BCUT2D eigenvalue weighted by atomic mass is 9.96. The van der Waals surface area contributed by atoms with Crippen LogP contribution in [0.1, 0.15) is 163 Å². The van der Waals surface area contributed by atoms with E-state index in [1.807, 2.05) is 0 Å². The molecule has 16 amide bonds. The number of nitrogens with zero attached hydrogens (tertiary/aromatic N) is 1. The van der Waals surface area contributed by atoms with Gasteiger partial charge in [0, 0.05) is 49.4 Å². The fourth-order valence-electron chi connectivity index (χ4n) is 14.3. The molecule has 0 spiro atoms. The van der Waals surface area contributed by atoms with Crippen LogP contribution in [0.2, 0.25) is 0 Å². The summed E-state index contributed by atoms with van der Waals surface area (Å²) in [5.41, 5.74) is 47.0. The van der Waals surface area contributed by atoms with Crippen LogP contribution in [0.3, 0.4) is 0 Å². The quantitative estimate of drug-likeness (QED) is 0.0127. The molecular formula is C86H145N27O23S2. The van der Waals surface area contributed by atoms with Gasteiger partial charge in [-0.25, -0.2) is 4.79 Å². The van der Waals surface area contributed by atoms with E-state index in [-0.39, 0.29) is 159 Å². The topological polar surface area (TPSA) is 863 Å². The number of unbranched alkanes of at least 4 members (excludes halogenated alkanes) is 2. The Morgan fingerprint density at radius 3 is 1.16 bits per heavy atom. The lowest BCUT2D eigenvalue weighted by Crippen LogP contribution is -2.64. The van der Waals surface area contributed by atoms with Gasteiger partial charge in [0.25, 0.3) is 0 Å². The summed E-state index contributed by atoms with van der Waals surface area (Å²) in [6.45, 7) is 11.0. The fourth-order valence-corrected chi connectivity index (χ4v) is 14.7. The van der Waals surface area contributed by atoms with Crippen LogP contribution in [0.5, 0.6) is 11.5 Å². The van der Waals surface area contributed by atoms with Crippen LogP contribution < -0.4 is 131 Å². The molecule has 0 bridgehead atoms. The predicted molar refractivity (Wildman–Crippen MR) is 512 cm³/mol. The lowest BCUT2D eigenvalue weighted by molar-refractivity contribution is -0.142. The van der Waals surface area contributed by atoms with Crippen molar-refractivity contribution in [3.05, 3.63) is 59.7 Å². The molecule has 0 unspecified atom stereocenters. The van der Waals surface area contributed by atoms with Crippen molar-refractivity contribution in [3.63, 3.8) is 0 Å². The number of aliphatic carboxylic acids is 1. The molecule has 0 saturated carbocycles. The number of carbonyl (C=O) groups is 17. The molecule has 1 aliphatic rings. The number of nitrogens with two attached hydrogens (primary N) is 8. The first-order chi connectivity index (χ1) is 64.9. The summed E-state index contributed by atoms with van der Waals surface area (Å²) in [7, 11) is 0. The maximum absolute atomic E-state index is 14.9. The highest BCUT2D eigenvalue weighted by atomic mass is 32.1. The highest BCUT2D eigenvalue weighted by Gasteiger charge is 2.46. The largest absolute Gasteiger partial charge is 0.508 e. The monoisotopic (exact) mass is 1990 g/mol. The SMILES string of the molecule is CC[C@H](C)[C@H](NC(=O)[C@@H]1C[C@@H](O)CN1C(=O)[C@@H](N)C(C)C)C(=O)N[C@H](C(=O)N[C@@H](Cc1ccc(O)cc1)C(=O)N[C@H](C(=O)N[C@@H](CC(N)=O)C(=O)N[C@@H](CCCNC(=N)N)C(=O)N[C@@H](CCCCN)C(=O)N[C@H](C(=O)N[C@H](CCN)C(=O)N[C@@H](CCCCN)C(=O)N[C@@H](CS)C(=O)N[C@@H](CCN)C(=O)N[C@@H](CCCNC(=N)N)C(=O)N[C@@H](Cc1ccc(O)cc1)C(=O)O)[C@@H](C)O)C(C)(C)S)[C@@H](C)O. The third-order valence-corrected chi connectivity index (χ3v) is 23.1. The lowest BCUT2D eigenvalue weighted by Gasteiger charge is -2.33. The maximum atomic E-state index is 14.9. The number of benzene rings is 2. The van der Waals surface area contributed by atoms with Crippen LogP contribution in [0.25, 0.3) is 0 Å². The molecule has 52 heteroatoms. The summed E-state index contributed by atoms with van der Waals surface area (Å²) >= 11 is 8.88. The third-order valence-electron chi connectivity index (χ3n) is 22.5. The summed E-state index contributed by atoms with van der Waals surface area (Å²) in [6.07, 6.45) is -6.89. The van der Waals surface area contributed by atoms with Crippen molar-refractivity contribution in [3.8, 4) is 11.5 Å². The molecule has 20 atom stereocenters. The van der Waals surface area contributed by atoms with Gasteiger partial charge < -0.3 is 166 Å². The highest BCUT2D eigenvalue weighted by Crippen LogP contribution is 2.24. The van der Waals surface area contributed by atoms with Gasteiger partial charge in [0.05, 0.1) is 30.8 Å². The zero-order chi connectivity index (χ0) is 104. The van der Waals surface area contributed by atoms with E-state index in [1.54, 1.807) is 27.7 Å². The van der Waals surface area contributed by atoms with Gasteiger partial charge in [0.15, 0.2) is 11.9 Å². The number of guanidine groups is 2. The van der Waals surface area contributed by atoms with Gasteiger partial charge in [-0.15, -0.1) is 0 Å². The van der Waals surface area contributed by atoms with Gasteiger partial charge in [-0.05, 0) is 178 Å². The van der Waals surface area contributed by atoms with Crippen molar-refractivity contribution in [2.24, 2.45) is 57.7 Å². The molecule has 1 fully saturated rings. The minimum atomic E-state index is -2.01. The maximum Gasteiger partial charge on any atom is 0.326 e. The molecule has 1 saturated heterocycles. The van der Waals surface area contributed by atoms with E-state index in [2.05, 4.69) is 110 Å². The van der Waals surface area contributed by atoms with E-state index in [0.29, 0.717) is 12.0 Å². The molecule has 774 valence electrons. The number of hydrogen-bond donors (Lipinski definition) is 34. The first-order valence-corrected chi connectivity index (χ1v) is 46.7. The van der Waals surface area contributed by atoms with Crippen molar-refractivity contribution >= 4 is 138 Å². The number of aliphatic hydroxyl groups excluding tert-OH is 3. The second-order valence-corrected chi connectivity index (χ2v) is 36.3. The van der Waals surface area contributed by atoms with Crippen molar-refractivity contribution in [1.29, 1.82) is 10.8 Å². The number of phenols is 2.